The molecule has 2 N–H and O–H groups in total. The zero-order valence-corrected chi connectivity index (χ0v) is 13.6. The first kappa shape index (κ1) is 15.5. The van der Waals surface area contributed by atoms with Crippen molar-refractivity contribution in [3.05, 3.63) is 16.0 Å². The maximum Gasteiger partial charge on any atom is 0.252 e. The maximum atomic E-state index is 13.4. The van der Waals surface area contributed by atoms with Crippen LogP contribution in [0.2, 0.25) is 28.2 Å². The standard InChI is InChI=1S/C11H17Cl2FN2OSi/c1-11(2,3)18(4,5)17-10-7(13)8(15)6(12)9(14)16-10/h1-5H3,(H2,15,16). The van der Waals surface area contributed by atoms with Gasteiger partial charge in [-0.25, -0.2) is 0 Å². The Bertz CT molecular complexity index is 475. The van der Waals surface area contributed by atoms with E-state index in [9.17, 15) is 4.39 Å². The highest BCUT2D eigenvalue weighted by Gasteiger charge is 2.40. The number of nitrogen functional groups attached to an aromatic ring is 1. The van der Waals surface area contributed by atoms with Crippen LogP contribution in [0.5, 0.6) is 5.88 Å². The molecule has 1 rings (SSSR count). The zero-order chi connectivity index (χ0) is 14.3. The Morgan fingerprint density at radius 2 is 1.72 bits per heavy atom. The van der Waals surface area contributed by atoms with E-state index in [1.807, 2.05) is 13.1 Å². The first-order valence-corrected chi connectivity index (χ1v) is 9.13. The fourth-order valence-electron chi connectivity index (χ4n) is 0.972. The van der Waals surface area contributed by atoms with Gasteiger partial charge in [0, 0.05) is 0 Å². The van der Waals surface area contributed by atoms with Gasteiger partial charge < -0.3 is 10.2 Å². The summed E-state index contributed by atoms with van der Waals surface area (Å²) < 4.78 is 19.3. The van der Waals surface area contributed by atoms with E-state index in [-0.39, 0.29) is 26.7 Å². The molecule has 0 atom stereocenters. The molecule has 3 nitrogen and oxygen atoms in total. The van der Waals surface area contributed by atoms with Gasteiger partial charge in [0.25, 0.3) is 8.32 Å². The second kappa shape index (κ2) is 4.87. The molecule has 102 valence electrons. The molecule has 0 aliphatic rings. The SMILES string of the molecule is CC(C)(C)[Si](C)(C)Oc1nc(F)c(Cl)c(N)c1Cl. The van der Waals surface area contributed by atoms with Crippen LogP contribution in [-0.4, -0.2) is 13.3 Å². The predicted octanol–water partition coefficient (Wildman–Crippen LogP) is 4.49. The minimum absolute atomic E-state index is 0.0164. The average molecular weight is 311 g/mol. The molecular weight excluding hydrogens is 294 g/mol. The van der Waals surface area contributed by atoms with Crippen molar-refractivity contribution >= 4 is 37.2 Å². The number of rotatable bonds is 2. The average Bonchev–Trinajstić information content (AvgIpc) is 2.21. The lowest BCUT2D eigenvalue weighted by Gasteiger charge is -2.36. The Morgan fingerprint density at radius 3 is 2.17 bits per heavy atom. The molecule has 0 radical (unpaired) electrons. The molecule has 0 aliphatic carbocycles. The molecule has 0 fully saturated rings. The highest BCUT2D eigenvalue weighted by Crippen LogP contribution is 2.41. The number of halogens is 3. The monoisotopic (exact) mass is 310 g/mol. The van der Waals surface area contributed by atoms with E-state index in [1.165, 1.54) is 0 Å². The number of anilines is 1. The van der Waals surface area contributed by atoms with Crippen LogP contribution < -0.4 is 10.2 Å². The smallest absolute Gasteiger partial charge is 0.252 e. The van der Waals surface area contributed by atoms with Crippen molar-refractivity contribution in [1.82, 2.24) is 4.98 Å². The number of nitrogens with zero attached hydrogens (tertiary/aromatic N) is 1. The highest BCUT2D eigenvalue weighted by atomic mass is 35.5. The molecule has 1 aromatic rings. The normalized spacial score (nSPS) is 12.7. The summed E-state index contributed by atoms with van der Waals surface area (Å²) in [4.78, 5) is 3.63. The van der Waals surface area contributed by atoms with E-state index < -0.39 is 14.3 Å². The number of hydrogen-bond acceptors (Lipinski definition) is 3. The number of hydrogen-bond donors (Lipinski definition) is 1. The molecule has 0 unspecified atom stereocenters. The summed E-state index contributed by atoms with van der Waals surface area (Å²) in [5, 5.41) is -0.267. The van der Waals surface area contributed by atoms with Crippen molar-refractivity contribution in [2.45, 2.75) is 38.9 Å². The van der Waals surface area contributed by atoms with Gasteiger partial charge in [0.2, 0.25) is 11.8 Å². The maximum absolute atomic E-state index is 13.4. The van der Waals surface area contributed by atoms with Gasteiger partial charge in [-0.15, -0.1) is 0 Å². The number of nitrogens with two attached hydrogens (primary N) is 1. The summed E-state index contributed by atoms with van der Waals surface area (Å²) >= 11 is 11.6. The van der Waals surface area contributed by atoms with E-state index in [4.69, 9.17) is 33.4 Å². The highest BCUT2D eigenvalue weighted by molar-refractivity contribution is 6.74. The Labute approximate surface area is 118 Å². The van der Waals surface area contributed by atoms with Crippen LogP contribution in [0.25, 0.3) is 0 Å². The minimum Gasteiger partial charge on any atom is -0.529 e. The quantitative estimate of drug-likeness (QED) is 0.646. The van der Waals surface area contributed by atoms with Crippen LogP contribution in [0.4, 0.5) is 10.1 Å². The largest absolute Gasteiger partial charge is 0.529 e. The summed E-state index contributed by atoms with van der Waals surface area (Å²) in [6.45, 7) is 10.2. The molecule has 0 bridgehead atoms. The Morgan fingerprint density at radius 1 is 1.22 bits per heavy atom. The Balaban J connectivity index is 3.22. The van der Waals surface area contributed by atoms with Crippen molar-refractivity contribution in [2.24, 2.45) is 0 Å². The number of pyridine rings is 1. The summed E-state index contributed by atoms with van der Waals surface area (Å²) in [6, 6.07) is 0. The van der Waals surface area contributed by atoms with Crippen LogP contribution in [0.3, 0.4) is 0 Å². The fourth-order valence-corrected chi connectivity index (χ4v) is 2.33. The first-order chi connectivity index (χ1) is 7.97. The second-order valence-electron chi connectivity index (χ2n) is 5.61. The van der Waals surface area contributed by atoms with Crippen molar-refractivity contribution in [3.63, 3.8) is 0 Å². The summed E-state index contributed by atoms with van der Waals surface area (Å²) in [7, 11) is -2.15. The van der Waals surface area contributed by atoms with Crippen molar-refractivity contribution < 1.29 is 8.82 Å². The molecule has 1 aromatic heterocycles. The molecule has 0 saturated carbocycles. The third kappa shape index (κ3) is 2.89. The lowest BCUT2D eigenvalue weighted by atomic mass is 10.2. The van der Waals surface area contributed by atoms with Gasteiger partial charge in [-0.2, -0.15) is 9.37 Å². The minimum atomic E-state index is -2.15. The van der Waals surface area contributed by atoms with Gasteiger partial charge in [-0.1, -0.05) is 44.0 Å². The lowest BCUT2D eigenvalue weighted by Crippen LogP contribution is -2.44. The Kier molecular flexibility index (Phi) is 4.20. The van der Waals surface area contributed by atoms with Crippen molar-refractivity contribution in [2.75, 3.05) is 5.73 Å². The second-order valence-corrected chi connectivity index (χ2v) is 11.1. The van der Waals surface area contributed by atoms with Gasteiger partial charge in [-0.3, -0.25) is 0 Å². The third-order valence-corrected chi connectivity index (χ3v) is 8.24. The Hall–Kier alpha value is -0.523. The zero-order valence-electron chi connectivity index (χ0n) is 11.1. The van der Waals surface area contributed by atoms with Gasteiger partial charge >= 0.3 is 0 Å². The molecule has 0 amide bonds. The molecule has 18 heavy (non-hydrogen) atoms. The molecule has 0 aromatic carbocycles. The number of aromatic nitrogens is 1. The fraction of sp³-hybridized carbons (Fsp3) is 0.545. The van der Waals surface area contributed by atoms with Gasteiger partial charge in [0.15, 0.2) is 0 Å². The van der Waals surface area contributed by atoms with Gasteiger partial charge in [-0.05, 0) is 18.1 Å². The van der Waals surface area contributed by atoms with E-state index >= 15 is 0 Å². The molecule has 0 aliphatic heterocycles. The van der Waals surface area contributed by atoms with Crippen molar-refractivity contribution in [1.29, 1.82) is 0 Å². The summed E-state index contributed by atoms with van der Waals surface area (Å²) in [6.07, 6.45) is 0. The van der Waals surface area contributed by atoms with E-state index in [0.717, 1.165) is 0 Å². The third-order valence-electron chi connectivity index (χ3n) is 3.20. The topological polar surface area (TPSA) is 48.1 Å². The van der Waals surface area contributed by atoms with Gasteiger partial charge in [0.1, 0.15) is 10.0 Å². The molecule has 0 saturated heterocycles. The molecule has 7 heteroatoms. The summed E-state index contributed by atoms with van der Waals surface area (Å²) in [5.74, 6) is -0.852. The van der Waals surface area contributed by atoms with E-state index in [0.29, 0.717) is 0 Å². The van der Waals surface area contributed by atoms with Crippen LogP contribution in [0.15, 0.2) is 0 Å². The van der Waals surface area contributed by atoms with Crippen molar-refractivity contribution in [3.8, 4) is 5.88 Å². The van der Waals surface area contributed by atoms with Crippen LogP contribution in [-0.2, 0) is 0 Å². The lowest BCUT2D eigenvalue weighted by molar-refractivity contribution is 0.461. The predicted molar refractivity (Wildman–Crippen MR) is 76.5 cm³/mol. The first-order valence-electron chi connectivity index (χ1n) is 5.46. The van der Waals surface area contributed by atoms with Crippen LogP contribution in [0, 0.1) is 5.95 Å². The van der Waals surface area contributed by atoms with E-state index in [2.05, 4.69) is 25.8 Å². The molecule has 1 heterocycles. The van der Waals surface area contributed by atoms with Crippen LogP contribution >= 0.6 is 23.2 Å². The van der Waals surface area contributed by atoms with Gasteiger partial charge in [0.05, 0.1) is 5.69 Å². The molecular formula is C11H17Cl2FN2OSi. The summed E-state index contributed by atoms with van der Waals surface area (Å²) in [5.41, 5.74) is 5.56. The van der Waals surface area contributed by atoms with E-state index in [1.54, 1.807) is 0 Å². The molecule has 0 spiro atoms. The van der Waals surface area contributed by atoms with Crippen LogP contribution in [0.1, 0.15) is 20.8 Å².